The number of methoxy groups -OCH3 is 2. The standard InChI is InChI=1S/C20H27N3O5/c1-13-10-14(2)23(22-13)9-8-20(25)28-12-19(24)21-15(3)17-11-16(26-4)6-7-18(17)27-5/h6-7,10-11,15H,8-9,12H2,1-5H3,(H,21,24). The molecule has 0 aliphatic carbocycles. The second-order valence-electron chi connectivity index (χ2n) is 6.46. The number of carbonyl (C=O) groups is 2. The lowest BCUT2D eigenvalue weighted by Crippen LogP contribution is -2.31. The van der Waals surface area contributed by atoms with E-state index in [2.05, 4.69) is 10.4 Å². The molecule has 0 saturated heterocycles. The highest BCUT2D eigenvalue weighted by Gasteiger charge is 2.16. The van der Waals surface area contributed by atoms with E-state index in [0.29, 0.717) is 18.0 Å². The Bertz CT molecular complexity index is 831. The number of nitrogens with one attached hydrogen (secondary N) is 1. The van der Waals surface area contributed by atoms with Gasteiger partial charge in [0.1, 0.15) is 11.5 Å². The molecule has 0 spiro atoms. The van der Waals surface area contributed by atoms with Crippen LogP contribution in [0.15, 0.2) is 24.3 Å². The van der Waals surface area contributed by atoms with Crippen molar-refractivity contribution in [3.8, 4) is 11.5 Å². The molecule has 1 amide bonds. The molecule has 1 aromatic heterocycles. The van der Waals surface area contributed by atoms with Gasteiger partial charge in [-0.2, -0.15) is 5.10 Å². The molecule has 0 saturated carbocycles. The maximum Gasteiger partial charge on any atom is 0.308 e. The summed E-state index contributed by atoms with van der Waals surface area (Å²) in [5, 5.41) is 7.08. The number of hydrogen-bond donors (Lipinski definition) is 1. The van der Waals surface area contributed by atoms with E-state index in [1.807, 2.05) is 26.8 Å². The van der Waals surface area contributed by atoms with Crippen LogP contribution in [0.3, 0.4) is 0 Å². The van der Waals surface area contributed by atoms with Crippen LogP contribution < -0.4 is 14.8 Å². The zero-order chi connectivity index (χ0) is 20.7. The van der Waals surface area contributed by atoms with E-state index >= 15 is 0 Å². The topological polar surface area (TPSA) is 91.7 Å². The smallest absolute Gasteiger partial charge is 0.308 e. The summed E-state index contributed by atoms with van der Waals surface area (Å²) in [5.74, 6) is 0.453. The van der Waals surface area contributed by atoms with Gasteiger partial charge in [-0.1, -0.05) is 0 Å². The Balaban J connectivity index is 1.83. The maximum atomic E-state index is 12.1. The van der Waals surface area contributed by atoms with Crippen LogP contribution in [-0.2, 0) is 20.9 Å². The number of rotatable bonds is 9. The summed E-state index contributed by atoms with van der Waals surface area (Å²) >= 11 is 0. The van der Waals surface area contributed by atoms with Gasteiger partial charge < -0.3 is 19.5 Å². The monoisotopic (exact) mass is 389 g/mol. The number of ether oxygens (including phenoxy) is 3. The van der Waals surface area contributed by atoms with Crippen LogP contribution in [-0.4, -0.2) is 42.5 Å². The number of aromatic nitrogens is 2. The van der Waals surface area contributed by atoms with Crippen molar-refractivity contribution in [2.24, 2.45) is 0 Å². The van der Waals surface area contributed by atoms with Gasteiger partial charge in [-0.05, 0) is 45.0 Å². The van der Waals surface area contributed by atoms with Gasteiger partial charge in [0.2, 0.25) is 0 Å². The Kier molecular flexibility index (Phi) is 7.43. The Labute approximate surface area is 164 Å². The highest BCUT2D eigenvalue weighted by atomic mass is 16.5. The van der Waals surface area contributed by atoms with E-state index in [-0.39, 0.29) is 19.1 Å². The summed E-state index contributed by atoms with van der Waals surface area (Å²) in [4.78, 5) is 24.0. The first kappa shape index (κ1) is 21.3. The summed E-state index contributed by atoms with van der Waals surface area (Å²) in [6, 6.07) is 6.94. The van der Waals surface area contributed by atoms with Crippen LogP contribution >= 0.6 is 0 Å². The minimum atomic E-state index is -0.450. The fourth-order valence-electron chi connectivity index (χ4n) is 2.86. The number of nitrogens with zero attached hydrogens (tertiary/aromatic N) is 2. The van der Waals surface area contributed by atoms with Crippen molar-refractivity contribution in [1.82, 2.24) is 15.1 Å². The van der Waals surface area contributed by atoms with Crippen molar-refractivity contribution in [2.75, 3.05) is 20.8 Å². The zero-order valence-corrected chi connectivity index (χ0v) is 16.9. The summed E-state index contributed by atoms with van der Waals surface area (Å²) in [6.07, 6.45) is 0.147. The Morgan fingerprint density at radius 1 is 1.18 bits per heavy atom. The Morgan fingerprint density at radius 3 is 2.54 bits per heavy atom. The molecule has 2 rings (SSSR count). The van der Waals surface area contributed by atoms with Gasteiger partial charge >= 0.3 is 5.97 Å². The third-order valence-electron chi connectivity index (χ3n) is 4.28. The fraction of sp³-hybridized carbons (Fsp3) is 0.450. The molecule has 1 aromatic carbocycles. The first-order valence-corrected chi connectivity index (χ1v) is 9.02. The number of aryl methyl sites for hydroxylation is 3. The van der Waals surface area contributed by atoms with Crippen LogP contribution in [0.4, 0.5) is 0 Å². The summed E-state index contributed by atoms with van der Waals surface area (Å²) < 4.78 is 17.4. The molecular formula is C20H27N3O5. The average Bonchev–Trinajstić information content (AvgIpc) is 3.01. The predicted molar refractivity (Wildman–Crippen MR) is 103 cm³/mol. The highest BCUT2D eigenvalue weighted by molar-refractivity contribution is 5.80. The summed E-state index contributed by atoms with van der Waals surface area (Å²) in [6.45, 7) is 5.71. The van der Waals surface area contributed by atoms with Gasteiger partial charge in [-0.25, -0.2) is 0 Å². The maximum absolute atomic E-state index is 12.1. The van der Waals surface area contributed by atoms with Crippen molar-refractivity contribution in [3.63, 3.8) is 0 Å². The molecular weight excluding hydrogens is 362 g/mol. The van der Waals surface area contributed by atoms with E-state index < -0.39 is 11.9 Å². The van der Waals surface area contributed by atoms with E-state index in [4.69, 9.17) is 14.2 Å². The van der Waals surface area contributed by atoms with Gasteiger partial charge in [0.05, 0.1) is 38.9 Å². The molecule has 0 radical (unpaired) electrons. The zero-order valence-electron chi connectivity index (χ0n) is 16.9. The molecule has 1 unspecified atom stereocenters. The van der Waals surface area contributed by atoms with Gasteiger partial charge in [-0.3, -0.25) is 14.3 Å². The second kappa shape index (κ2) is 9.77. The third-order valence-corrected chi connectivity index (χ3v) is 4.28. The molecule has 28 heavy (non-hydrogen) atoms. The minimum absolute atomic E-state index is 0.147. The van der Waals surface area contributed by atoms with Crippen molar-refractivity contribution >= 4 is 11.9 Å². The van der Waals surface area contributed by atoms with Crippen molar-refractivity contribution < 1.29 is 23.8 Å². The normalized spacial score (nSPS) is 11.6. The third kappa shape index (κ3) is 5.73. The van der Waals surface area contributed by atoms with Crippen LogP contribution in [0.2, 0.25) is 0 Å². The molecule has 1 N–H and O–H groups in total. The molecule has 0 fully saturated rings. The number of carbonyl (C=O) groups excluding carboxylic acids is 2. The summed E-state index contributed by atoms with van der Waals surface area (Å²) in [7, 11) is 3.13. The van der Waals surface area contributed by atoms with Gasteiger partial charge in [0.25, 0.3) is 5.91 Å². The quantitative estimate of drug-likeness (QED) is 0.662. The highest BCUT2D eigenvalue weighted by Crippen LogP contribution is 2.29. The summed E-state index contributed by atoms with van der Waals surface area (Å²) in [5.41, 5.74) is 2.64. The van der Waals surface area contributed by atoms with E-state index in [9.17, 15) is 9.59 Å². The number of benzene rings is 1. The van der Waals surface area contributed by atoms with Crippen molar-refractivity contribution in [1.29, 1.82) is 0 Å². The second-order valence-corrected chi connectivity index (χ2v) is 6.46. The number of esters is 1. The molecule has 8 nitrogen and oxygen atoms in total. The Morgan fingerprint density at radius 2 is 1.93 bits per heavy atom. The number of hydrogen-bond acceptors (Lipinski definition) is 6. The lowest BCUT2D eigenvalue weighted by Gasteiger charge is -2.18. The lowest BCUT2D eigenvalue weighted by molar-refractivity contribution is -0.149. The van der Waals surface area contributed by atoms with Crippen molar-refractivity contribution in [2.45, 2.75) is 39.8 Å². The molecule has 0 aliphatic rings. The molecule has 152 valence electrons. The van der Waals surface area contributed by atoms with Crippen LogP contribution in [0, 0.1) is 13.8 Å². The molecule has 1 heterocycles. The van der Waals surface area contributed by atoms with Gasteiger partial charge in [0.15, 0.2) is 6.61 Å². The van der Waals surface area contributed by atoms with Gasteiger partial charge in [0, 0.05) is 11.3 Å². The fourth-order valence-corrected chi connectivity index (χ4v) is 2.86. The Hall–Kier alpha value is -3.03. The average molecular weight is 389 g/mol. The lowest BCUT2D eigenvalue weighted by atomic mass is 10.1. The van der Waals surface area contributed by atoms with Crippen LogP contribution in [0.25, 0.3) is 0 Å². The largest absolute Gasteiger partial charge is 0.497 e. The molecule has 0 aliphatic heterocycles. The van der Waals surface area contributed by atoms with Crippen LogP contribution in [0.5, 0.6) is 11.5 Å². The first-order chi connectivity index (χ1) is 13.3. The van der Waals surface area contributed by atoms with E-state index in [0.717, 1.165) is 17.0 Å². The van der Waals surface area contributed by atoms with Crippen LogP contribution in [0.1, 0.15) is 36.3 Å². The minimum Gasteiger partial charge on any atom is -0.497 e. The SMILES string of the molecule is COc1ccc(OC)c(C(C)NC(=O)COC(=O)CCn2nc(C)cc2C)c1. The van der Waals surface area contributed by atoms with E-state index in [1.165, 1.54) is 0 Å². The molecule has 8 heteroatoms. The predicted octanol–water partition coefficient (Wildman–Crippen LogP) is 2.33. The van der Waals surface area contributed by atoms with E-state index in [1.54, 1.807) is 37.1 Å². The van der Waals surface area contributed by atoms with Crippen molar-refractivity contribution in [3.05, 3.63) is 41.2 Å². The molecule has 0 bridgehead atoms. The number of amides is 1. The first-order valence-electron chi connectivity index (χ1n) is 9.02. The molecule has 2 aromatic rings. The van der Waals surface area contributed by atoms with Gasteiger partial charge in [-0.15, -0.1) is 0 Å². The molecule has 1 atom stereocenters.